The van der Waals surface area contributed by atoms with E-state index >= 15 is 0 Å². The van der Waals surface area contributed by atoms with Crippen molar-refractivity contribution in [1.82, 2.24) is 0 Å². The molecule has 1 fully saturated rings. The van der Waals surface area contributed by atoms with Gasteiger partial charge >= 0.3 is 5.97 Å². The molecule has 1 aliphatic rings. The molecule has 1 aromatic rings. The van der Waals surface area contributed by atoms with Gasteiger partial charge in [0.05, 0.1) is 13.0 Å². The van der Waals surface area contributed by atoms with Gasteiger partial charge in [-0.2, -0.15) is 0 Å². The first-order chi connectivity index (χ1) is 11.1. The zero-order chi connectivity index (χ0) is 16.7. The lowest BCUT2D eigenvalue weighted by Crippen LogP contribution is -2.25. The quantitative estimate of drug-likeness (QED) is 0.619. The monoisotopic (exact) mass is 317 g/mol. The summed E-state index contributed by atoms with van der Waals surface area (Å²) >= 11 is 0. The van der Waals surface area contributed by atoms with Crippen LogP contribution in [0.1, 0.15) is 54.9 Å². The summed E-state index contributed by atoms with van der Waals surface area (Å²) in [6.07, 6.45) is 5.06. The molecule has 126 valence electrons. The van der Waals surface area contributed by atoms with Crippen molar-refractivity contribution < 1.29 is 14.3 Å². The molecule has 0 unspecified atom stereocenters. The summed E-state index contributed by atoms with van der Waals surface area (Å²) in [7, 11) is 0. The number of ether oxygens (including phenoxy) is 1. The van der Waals surface area contributed by atoms with Crippen molar-refractivity contribution in [2.45, 2.75) is 45.4 Å². The van der Waals surface area contributed by atoms with Crippen molar-refractivity contribution in [1.29, 1.82) is 0 Å². The van der Waals surface area contributed by atoms with E-state index < -0.39 is 0 Å². The molecule has 0 saturated heterocycles. The van der Waals surface area contributed by atoms with Gasteiger partial charge in [0.1, 0.15) is 0 Å². The van der Waals surface area contributed by atoms with E-state index in [9.17, 15) is 9.59 Å². The van der Waals surface area contributed by atoms with Crippen molar-refractivity contribution in [2.75, 3.05) is 13.2 Å². The Morgan fingerprint density at radius 2 is 1.78 bits per heavy atom. The van der Waals surface area contributed by atoms with Gasteiger partial charge in [-0.25, -0.2) is 0 Å². The largest absolute Gasteiger partial charge is 0.465 e. The summed E-state index contributed by atoms with van der Waals surface area (Å²) in [6.45, 7) is 3.15. The van der Waals surface area contributed by atoms with Crippen LogP contribution in [0.5, 0.6) is 0 Å². The molecule has 2 rings (SSSR count). The lowest BCUT2D eigenvalue weighted by molar-refractivity contribution is -0.142. The Hall–Kier alpha value is -1.68. The third-order valence-corrected chi connectivity index (χ3v) is 4.60. The zero-order valence-electron chi connectivity index (χ0n) is 13.9. The van der Waals surface area contributed by atoms with Gasteiger partial charge < -0.3 is 10.5 Å². The minimum absolute atomic E-state index is 0.123. The van der Waals surface area contributed by atoms with Gasteiger partial charge in [0.25, 0.3) is 0 Å². The summed E-state index contributed by atoms with van der Waals surface area (Å²) in [5.41, 5.74) is 7.33. The number of carbonyl (C=O) groups excluding carboxylic acids is 2. The molecule has 0 heterocycles. The van der Waals surface area contributed by atoms with E-state index in [-0.39, 0.29) is 24.1 Å². The Balaban J connectivity index is 1.89. The Morgan fingerprint density at radius 3 is 2.35 bits per heavy atom. The van der Waals surface area contributed by atoms with Crippen LogP contribution in [0.15, 0.2) is 24.3 Å². The molecule has 0 spiro atoms. The first-order valence-electron chi connectivity index (χ1n) is 8.62. The molecule has 0 amide bonds. The molecule has 23 heavy (non-hydrogen) atoms. The Labute approximate surface area is 138 Å². The lowest BCUT2D eigenvalue weighted by Gasteiger charge is -2.26. The van der Waals surface area contributed by atoms with Crippen molar-refractivity contribution in [2.24, 2.45) is 17.6 Å². The second kappa shape index (κ2) is 8.82. The van der Waals surface area contributed by atoms with Gasteiger partial charge in [0.15, 0.2) is 5.78 Å². The number of carbonyl (C=O) groups is 2. The SMILES string of the molecule is CCCOC(=O)Cc1ccc(C(=O)C2CCC(CN)CC2)cc1. The highest BCUT2D eigenvalue weighted by Crippen LogP contribution is 2.30. The summed E-state index contributed by atoms with van der Waals surface area (Å²) in [6, 6.07) is 7.37. The average Bonchev–Trinajstić information content (AvgIpc) is 2.60. The number of rotatable bonds is 7. The first-order valence-corrected chi connectivity index (χ1v) is 8.62. The Bertz CT molecular complexity index is 516. The van der Waals surface area contributed by atoms with Gasteiger partial charge in [0, 0.05) is 11.5 Å². The van der Waals surface area contributed by atoms with Crippen LogP contribution in [0.4, 0.5) is 0 Å². The van der Waals surface area contributed by atoms with Crippen LogP contribution in [0, 0.1) is 11.8 Å². The number of Topliss-reactive ketones (excluding diaryl/α,β-unsaturated/α-hetero) is 1. The maximum Gasteiger partial charge on any atom is 0.310 e. The van der Waals surface area contributed by atoms with Crippen LogP contribution in [0.25, 0.3) is 0 Å². The van der Waals surface area contributed by atoms with Crippen molar-refractivity contribution in [3.63, 3.8) is 0 Å². The molecule has 2 N–H and O–H groups in total. The number of esters is 1. The molecular weight excluding hydrogens is 290 g/mol. The highest BCUT2D eigenvalue weighted by atomic mass is 16.5. The van der Waals surface area contributed by atoms with E-state index in [0.717, 1.165) is 49.8 Å². The number of hydrogen-bond donors (Lipinski definition) is 1. The molecule has 0 atom stereocenters. The zero-order valence-corrected chi connectivity index (χ0v) is 13.9. The number of benzene rings is 1. The second-order valence-corrected chi connectivity index (χ2v) is 6.41. The maximum atomic E-state index is 12.5. The molecule has 1 aromatic carbocycles. The van der Waals surface area contributed by atoms with Gasteiger partial charge in [-0.15, -0.1) is 0 Å². The van der Waals surface area contributed by atoms with E-state index in [1.165, 1.54) is 0 Å². The normalized spacial score (nSPS) is 21.0. The molecule has 1 saturated carbocycles. The molecule has 1 aliphatic carbocycles. The van der Waals surface area contributed by atoms with Crippen LogP contribution in [-0.4, -0.2) is 24.9 Å². The second-order valence-electron chi connectivity index (χ2n) is 6.41. The van der Waals surface area contributed by atoms with Crippen LogP contribution >= 0.6 is 0 Å². The highest BCUT2D eigenvalue weighted by Gasteiger charge is 2.26. The third kappa shape index (κ3) is 5.17. The fraction of sp³-hybridized carbons (Fsp3) is 0.579. The van der Waals surface area contributed by atoms with E-state index in [0.29, 0.717) is 12.5 Å². The van der Waals surface area contributed by atoms with E-state index in [1.54, 1.807) is 0 Å². The fourth-order valence-electron chi connectivity index (χ4n) is 3.12. The molecule has 4 nitrogen and oxygen atoms in total. The smallest absolute Gasteiger partial charge is 0.310 e. The molecule has 0 bridgehead atoms. The molecular formula is C19H27NO3. The fourth-order valence-corrected chi connectivity index (χ4v) is 3.12. The van der Waals surface area contributed by atoms with Gasteiger partial charge in [0.2, 0.25) is 0 Å². The summed E-state index contributed by atoms with van der Waals surface area (Å²) < 4.78 is 5.07. The predicted octanol–water partition coefficient (Wildman–Crippen LogP) is 3.13. The van der Waals surface area contributed by atoms with Gasteiger partial charge in [-0.1, -0.05) is 31.2 Å². The van der Waals surface area contributed by atoms with Crippen molar-refractivity contribution in [3.8, 4) is 0 Å². The van der Waals surface area contributed by atoms with E-state index in [4.69, 9.17) is 10.5 Å². The predicted molar refractivity (Wildman–Crippen MR) is 90.2 cm³/mol. The van der Waals surface area contributed by atoms with E-state index in [2.05, 4.69) is 0 Å². The Kier molecular flexibility index (Phi) is 6.78. The summed E-state index contributed by atoms with van der Waals surface area (Å²) in [5.74, 6) is 0.709. The molecule has 4 heteroatoms. The highest BCUT2D eigenvalue weighted by molar-refractivity contribution is 5.98. The van der Waals surface area contributed by atoms with Crippen molar-refractivity contribution in [3.05, 3.63) is 35.4 Å². The van der Waals surface area contributed by atoms with Crippen LogP contribution in [0.2, 0.25) is 0 Å². The van der Waals surface area contributed by atoms with Gasteiger partial charge in [-0.05, 0) is 50.1 Å². The lowest BCUT2D eigenvalue weighted by atomic mass is 9.78. The van der Waals surface area contributed by atoms with Crippen molar-refractivity contribution >= 4 is 11.8 Å². The minimum atomic E-state index is -0.217. The van der Waals surface area contributed by atoms with Crippen LogP contribution in [0.3, 0.4) is 0 Å². The van der Waals surface area contributed by atoms with Crippen LogP contribution < -0.4 is 5.73 Å². The molecule has 0 aliphatic heterocycles. The number of nitrogens with two attached hydrogens (primary N) is 1. The minimum Gasteiger partial charge on any atom is -0.465 e. The third-order valence-electron chi connectivity index (χ3n) is 4.60. The van der Waals surface area contributed by atoms with E-state index in [1.807, 2.05) is 31.2 Å². The molecule has 0 radical (unpaired) electrons. The Morgan fingerprint density at radius 1 is 1.13 bits per heavy atom. The standard InChI is InChI=1S/C19H27NO3/c1-2-11-23-18(21)12-14-3-7-16(8-4-14)19(22)17-9-5-15(13-20)6-10-17/h3-4,7-8,15,17H,2,5-6,9-13,20H2,1H3. The topological polar surface area (TPSA) is 69.4 Å². The summed E-state index contributed by atoms with van der Waals surface area (Å²) in [4.78, 5) is 24.1. The molecule has 0 aromatic heterocycles. The van der Waals surface area contributed by atoms with Crippen LogP contribution in [-0.2, 0) is 16.0 Å². The number of hydrogen-bond acceptors (Lipinski definition) is 4. The first kappa shape index (κ1) is 17.7. The average molecular weight is 317 g/mol. The van der Waals surface area contributed by atoms with Gasteiger partial charge in [-0.3, -0.25) is 9.59 Å². The maximum absolute atomic E-state index is 12.5. The summed E-state index contributed by atoms with van der Waals surface area (Å²) in [5, 5.41) is 0. The number of ketones is 1.